The van der Waals surface area contributed by atoms with E-state index >= 15 is 0 Å². The zero-order valence-electron chi connectivity index (χ0n) is 11.8. The molecule has 1 aliphatic carbocycles. The lowest BCUT2D eigenvalue weighted by atomic mass is 9.85. The van der Waals surface area contributed by atoms with Gasteiger partial charge < -0.3 is 10.3 Å². The van der Waals surface area contributed by atoms with Crippen molar-refractivity contribution in [3.05, 3.63) is 30.1 Å². The summed E-state index contributed by atoms with van der Waals surface area (Å²) in [5.74, 6) is -1.49. The average Bonchev–Trinajstić information content (AvgIpc) is 2.94. The molecule has 118 valence electrons. The quantitative estimate of drug-likeness (QED) is 0.893. The SMILES string of the molecule is O=C(NC1CCC(C(F)(F)F)CC1)c1ccc2nc[nH]c2c1. The Balaban J connectivity index is 1.60. The summed E-state index contributed by atoms with van der Waals surface area (Å²) < 4.78 is 37.9. The molecule has 22 heavy (non-hydrogen) atoms. The van der Waals surface area contributed by atoms with E-state index in [1.54, 1.807) is 24.5 Å². The van der Waals surface area contributed by atoms with Crippen molar-refractivity contribution in [2.24, 2.45) is 5.92 Å². The number of halogens is 3. The van der Waals surface area contributed by atoms with Gasteiger partial charge in [-0.05, 0) is 43.9 Å². The van der Waals surface area contributed by atoms with Gasteiger partial charge in [-0.25, -0.2) is 4.98 Å². The predicted octanol–water partition coefficient (Wildman–Crippen LogP) is 3.41. The Labute approximate surface area is 125 Å². The first-order valence-corrected chi connectivity index (χ1v) is 7.24. The van der Waals surface area contributed by atoms with Crippen LogP contribution in [0.5, 0.6) is 0 Å². The average molecular weight is 311 g/mol. The molecule has 0 aliphatic heterocycles. The van der Waals surface area contributed by atoms with E-state index in [2.05, 4.69) is 15.3 Å². The Morgan fingerprint density at radius 2 is 1.95 bits per heavy atom. The molecule has 2 N–H and O–H groups in total. The van der Waals surface area contributed by atoms with Gasteiger partial charge in [0.05, 0.1) is 23.3 Å². The number of amides is 1. The molecule has 1 aliphatic rings. The van der Waals surface area contributed by atoms with Crippen LogP contribution in [0.15, 0.2) is 24.5 Å². The van der Waals surface area contributed by atoms with Gasteiger partial charge in [0, 0.05) is 11.6 Å². The maximum absolute atomic E-state index is 12.6. The number of aromatic nitrogens is 2. The third-order valence-corrected chi connectivity index (χ3v) is 4.21. The zero-order chi connectivity index (χ0) is 15.7. The molecule has 4 nitrogen and oxygen atoms in total. The molecule has 2 aromatic rings. The minimum absolute atomic E-state index is 0.0774. The van der Waals surface area contributed by atoms with Crippen molar-refractivity contribution in [2.45, 2.75) is 37.9 Å². The number of alkyl halides is 3. The molecule has 3 rings (SSSR count). The second-order valence-electron chi connectivity index (χ2n) is 5.70. The van der Waals surface area contributed by atoms with Gasteiger partial charge in [0.25, 0.3) is 5.91 Å². The van der Waals surface area contributed by atoms with E-state index in [0.717, 1.165) is 11.0 Å². The first-order valence-electron chi connectivity index (χ1n) is 7.24. The Bertz CT molecular complexity index is 672. The third-order valence-electron chi connectivity index (χ3n) is 4.21. The van der Waals surface area contributed by atoms with Crippen molar-refractivity contribution in [3.63, 3.8) is 0 Å². The summed E-state index contributed by atoms with van der Waals surface area (Å²) in [6.45, 7) is 0. The van der Waals surface area contributed by atoms with Crippen LogP contribution in [0.1, 0.15) is 36.0 Å². The van der Waals surface area contributed by atoms with Gasteiger partial charge >= 0.3 is 6.18 Å². The summed E-state index contributed by atoms with van der Waals surface area (Å²) in [6.07, 6.45) is -1.70. The van der Waals surface area contributed by atoms with Crippen molar-refractivity contribution in [3.8, 4) is 0 Å². The summed E-state index contributed by atoms with van der Waals surface area (Å²) in [4.78, 5) is 19.2. The highest BCUT2D eigenvalue weighted by Gasteiger charge is 2.41. The number of hydrogen-bond donors (Lipinski definition) is 2. The van der Waals surface area contributed by atoms with Crippen LogP contribution in [0.2, 0.25) is 0 Å². The standard InChI is InChI=1S/C15H16F3N3O/c16-15(17,18)10-2-4-11(5-3-10)21-14(22)9-1-6-12-13(7-9)20-8-19-12/h1,6-8,10-11H,2-5H2,(H,19,20)(H,21,22). The summed E-state index contributed by atoms with van der Waals surface area (Å²) in [5.41, 5.74) is 2.00. The number of imidazole rings is 1. The lowest BCUT2D eigenvalue weighted by Crippen LogP contribution is -2.40. The summed E-state index contributed by atoms with van der Waals surface area (Å²) in [6, 6.07) is 4.91. The van der Waals surface area contributed by atoms with Crippen LogP contribution in [0.25, 0.3) is 11.0 Å². The van der Waals surface area contributed by atoms with E-state index in [0.29, 0.717) is 18.4 Å². The van der Waals surface area contributed by atoms with E-state index in [1.165, 1.54) is 0 Å². The number of hydrogen-bond acceptors (Lipinski definition) is 2. The predicted molar refractivity (Wildman–Crippen MR) is 75.4 cm³/mol. The lowest BCUT2D eigenvalue weighted by Gasteiger charge is -2.30. The molecular formula is C15H16F3N3O. The number of nitrogens with one attached hydrogen (secondary N) is 2. The van der Waals surface area contributed by atoms with Crippen molar-refractivity contribution in [2.75, 3.05) is 0 Å². The van der Waals surface area contributed by atoms with Crippen LogP contribution in [0, 0.1) is 5.92 Å². The summed E-state index contributed by atoms with van der Waals surface area (Å²) in [7, 11) is 0. The number of aromatic amines is 1. The van der Waals surface area contributed by atoms with E-state index in [-0.39, 0.29) is 24.8 Å². The van der Waals surface area contributed by atoms with Crippen LogP contribution in [0.4, 0.5) is 13.2 Å². The molecule has 0 spiro atoms. The molecule has 1 aromatic heterocycles. The van der Waals surface area contributed by atoms with E-state index in [9.17, 15) is 18.0 Å². The maximum atomic E-state index is 12.6. The van der Waals surface area contributed by atoms with Crippen LogP contribution < -0.4 is 5.32 Å². The summed E-state index contributed by atoms with van der Waals surface area (Å²) >= 11 is 0. The van der Waals surface area contributed by atoms with Gasteiger partial charge in [-0.15, -0.1) is 0 Å². The molecule has 0 radical (unpaired) electrons. The number of H-pyrrole nitrogens is 1. The minimum atomic E-state index is -4.12. The lowest BCUT2D eigenvalue weighted by molar-refractivity contribution is -0.182. The fourth-order valence-electron chi connectivity index (χ4n) is 2.91. The van der Waals surface area contributed by atoms with Gasteiger partial charge in [0.15, 0.2) is 0 Å². The molecule has 1 fully saturated rings. The van der Waals surface area contributed by atoms with Crippen molar-refractivity contribution >= 4 is 16.9 Å². The van der Waals surface area contributed by atoms with Gasteiger partial charge in [-0.2, -0.15) is 13.2 Å². The Hall–Kier alpha value is -2.05. The van der Waals surface area contributed by atoms with Gasteiger partial charge in [-0.3, -0.25) is 4.79 Å². The van der Waals surface area contributed by atoms with Crippen LogP contribution in [0.3, 0.4) is 0 Å². The number of carbonyl (C=O) groups excluding carboxylic acids is 1. The van der Waals surface area contributed by atoms with Crippen LogP contribution in [-0.2, 0) is 0 Å². The van der Waals surface area contributed by atoms with Crippen LogP contribution >= 0.6 is 0 Å². The van der Waals surface area contributed by atoms with E-state index in [1.807, 2.05) is 0 Å². The number of benzene rings is 1. The smallest absolute Gasteiger partial charge is 0.349 e. The highest BCUT2D eigenvalue weighted by atomic mass is 19.4. The zero-order valence-corrected chi connectivity index (χ0v) is 11.8. The molecule has 0 saturated heterocycles. The topological polar surface area (TPSA) is 57.8 Å². The normalized spacial score (nSPS) is 22.7. The maximum Gasteiger partial charge on any atom is 0.391 e. The van der Waals surface area contributed by atoms with Gasteiger partial charge in [0.1, 0.15) is 0 Å². The molecule has 1 saturated carbocycles. The molecule has 1 aromatic carbocycles. The first-order chi connectivity index (χ1) is 10.4. The summed E-state index contributed by atoms with van der Waals surface area (Å²) in [5, 5.41) is 2.82. The number of rotatable bonds is 2. The minimum Gasteiger partial charge on any atom is -0.349 e. The molecule has 0 bridgehead atoms. The van der Waals surface area contributed by atoms with Crippen molar-refractivity contribution < 1.29 is 18.0 Å². The van der Waals surface area contributed by atoms with Crippen LogP contribution in [-0.4, -0.2) is 28.1 Å². The fraction of sp³-hybridized carbons (Fsp3) is 0.467. The Kier molecular flexibility index (Phi) is 3.80. The fourth-order valence-corrected chi connectivity index (χ4v) is 2.91. The number of nitrogens with zero attached hydrogens (tertiary/aromatic N) is 1. The third kappa shape index (κ3) is 3.08. The second kappa shape index (κ2) is 5.62. The first kappa shape index (κ1) is 14.9. The molecule has 1 amide bonds. The van der Waals surface area contributed by atoms with E-state index in [4.69, 9.17) is 0 Å². The molecule has 7 heteroatoms. The number of fused-ring (bicyclic) bond motifs is 1. The number of carbonyl (C=O) groups is 1. The van der Waals surface area contributed by atoms with Gasteiger partial charge in [0.2, 0.25) is 0 Å². The van der Waals surface area contributed by atoms with Crippen molar-refractivity contribution in [1.82, 2.24) is 15.3 Å². The highest BCUT2D eigenvalue weighted by Crippen LogP contribution is 2.37. The highest BCUT2D eigenvalue weighted by molar-refractivity contribution is 5.97. The molecule has 1 heterocycles. The molecule has 0 unspecified atom stereocenters. The van der Waals surface area contributed by atoms with E-state index < -0.39 is 12.1 Å². The molecule has 0 atom stereocenters. The monoisotopic (exact) mass is 311 g/mol. The molecular weight excluding hydrogens is 295 g/mol. The Morgan fingerprint density at radius 3 is 2.64 bits per heavy atom. The van der Waals surface area contributed by atoms with Crippen molar-refractivity contribution in [1.29, 1.82) is 0 Å². The van der Waals surface area contributed by atoms with Gasteiger partial charge in [-0.1, -0.05) is 0 Å². The Morgan fingerprint density at radius 1 is 1.23 bits per heavy atom. The second-order valence-corrected chi connectivity index (χ2v) is 5.70. The largest absolute Gasteiger partial charge is 0.391 e.